The zero-order valence-electron chi connectivity index (χ0n) is 32.5. The largest absolute Gasteiger partial charge is 0.472 e. The highest BCUT2D eigenvalue weighted by Gasteiger charge is 2.23. The average Bonchev–Trinajstić information content (AvgIpc) is 3.11. The van der Waals surface area contributed by atoms with E-state index in [4.69, 9.17) is 13.8 Å². The van der Waals surface area contributed by atoms with E-state index in [2.05, 4.69) is 55.6 Å². The number of nitrogens with one attached hydrogen (secondary N) is 1. The number of hydrogen-bond donors (Lipinski definition) is 3. The van der Waals surface area contributed by atoms with Crippen LogP contribution in [0.1, 0.15) is 181 Å². The Labute approximate surface area is 312 Å². The summed E-state index contributed by atoms with van der Waals surface area (Å²) in [6.07, 6.45) is 41.0. The summed E-state index contributed by atoms with van der Waals surface area (Å²) < 4.78 is 26.7. The Morgan fingerprint density at radius 2 is 1.06 bits per heavy atom. The molecule has 0 aromatic carbocycles. The van der Waals surface area contributed by atoms with E-state index in [1.807, 2.05) is 0 Å². The molecular weight excluding hydrogens is 665 g/mol. The zero-order chi connectivity index (χ0) is 37.5. The van der Waals surface area contributed by atoms with Crippen molar-refractivity contribution in [2.75, 3.05) is 26.4 Å². The van der Waals surface area contributed by atoms with E-state index in [0.29, 0.717) is 6.42 Å². The Morgan fingerprint density at radius 3 is 1.63 bits per heavy atom. The third-order valence-electron chi connectivity index (χ3n) is 8.57. The van der Waals surface area contributed by atoms with Gasteiger partial charge in [-0.3, -0.25) is 18.6 Å². The van der Waals surface area contributed by atoms with Gasteiger partial charge in [0.05, 0.1) is 13.2 Å². The third kappa shape index (κ3) is 39.3. The van der Waals surface area contributed by atoms with Crippen molar-refractivity contribution in [2.45, 2.75) is 187 Å². The summed E-state index contributed by atoms with van der Waals surface area (Å²) in [5, 5.41) is 12.6. The molecule has 0 aliphatic heterocycles. The van der Waals surface area contributed by atoms with E-state index in [1.54, 1.807) is 0 Å². The monoisotopic (exact) mass is 742 g/mol. The lowest BCUT2D eigenvalue weighted by atomic mass is 10.0. The predicted octanol–water partition coefficient (Wildman–Crippen LogP) is 11.0. The van der Waals surface area contributed by atoms with Crippen LogP contribution in [-0.4, -0.2) is 54.3 Å². The highest BCUT2D eigenvalue weighted by molar-refractivity contribution is 7.47. The van der Waals surface area contributed by atoms with E-state index in [-0.39, 0.29) is 32.1 Å². The molecule has 3 N–H and O–H groups in total. The molecule has 10 heteroatoms. The number of rotatable bonds is 38. The minimum atomic E-state index is -4.41. The SMILES string of the molecule is CCCCC/C=C\C/C=C\C/C=C\CCCCCCCCCCCCC(=O)NCCOP(=O)(O)OCC(O)COC(=O)CCCCCCCCC. The number of allylic oxidation sites excluding steroid dienone is 6. The first-order valence-corrected chi connectivity index (χ1v) is 22.0. The predicted molar refractivity (Wildman–Crippen MR) is 211 cm³/mol. The lowest BCUT2D eigenvalue weighted by Crippen LogP contribution is -2.27. The van der Waals surface area contributed by atoms with Crippen LogP contribution in [0.5, 0.6) is 0 Å². The normalized spacial score (nSPS) is 13.7. The van der Waals surface area contributed by atoms with Crippen molar-refractivity contribution < 1.29 is 37.9 Å². The molecule has 0 radical (unpaired) electrons. The van der Waals surface area contributed by atoms with Crippen LogP contribution < -0.4 is 5.32 Å². The molecule has 0 aromatic rings. The van der Waals surface area contributed by atoms with E-state index in [9.17, 15) is 24.2 Å². The van der Waals surface area contributed by atoms with Crippen molar-refractivity contribution in [3.63, 3.8) is 0 Å². The van der Waals surface area contributed by atoms with Crippen LogP contribution >= 0.6 is 7.82 Å². The molecule has 0 saturated carbocycles. The maximum atomic E-state index is 12.0. The number of phosphoric ester groups is 1. The minimum absolute atomic E-state index is 0.0799. The van der Waals surface area contributed by atoms with Gasteiger partial charge in [0.15, 0.2) is 0 Å². The molecular formula is C41H76NO8P. The molecule has 298 valence electrons. The standard InChI is InChI=1S/C41H76NO8P/c1-3-5-7-9-11-12-13-14-15-16-17-18-19-20-21-22-23-24-25-26-28-29-31-33-40(44)42-35-36-49-51(46,47)50-38-39(43)37-48-41(45)34-32-30-27-10-8-6-4-2/h11-12,14-15,17-18,39,43H,3-10,13,16,19-38H2,1-2H3,(H,42,44)(H,46,47)/b12-11-,15-14-,18-17-. The van der Waals surface area contributed by atoms with E-state index < -0.39 is 26.5 Å². The molecule has 0 bridgehead atoms. The number of esters is 1. The lowest BCUT2D eigenvalue weighted by molar-refractivity contribution is -0.147. The summed E-state index contributed by atoms with van der Waals surface area (Å²) in [6.45, 7) is 3.46. The lowest BCUT2D eigenvalue weighted by Gasteiger charge is -2.15. The van der Waals surface area contributed by atoms with E-state index in [0.717, 1.165) is 51.4 Å². The van der Waals surface area contributed by atoms with Crippen LogP contribution in [-0.2, 0) is 27.9 Å². The molecule has 2 atom stereocenters. The number of aliphatic hydroxyl groups is 1. The third-order valence-corrected chi connectivity index (χ3v) is 9.56. The smallest absolute Gasteiger partial charge is 0.463 e. The number of amides is 1. The number of hydrogen-bond acceptors (Lipinski definition) is 7. The van der Waals surface area contributed by atoms with Crippen molar-refractivity contribution in [2.24, 2.45) is 0 Å². The van der Waals surface area contributed by atoms with Gasteiger partial charge in [0.25, 0.3) is 0 Å². The first-order chi connectivity index (χ1) is 24.8. The van der Waals surface area contributed by atoms with Crippen LogP contribution in [0, 0.1) is 0 Å². The molecule has 51 heavy (non-hydrogen) atoms. The molecule has 0 aromatic heterocycles. The number of ether oxygens (including phenoxy) is 1. The van der Waals surface area contributed by atoms with Gasteiger partial charge in [0.1, 0.15) is 12.7 Å². The first-order valence-electron chi connectivity index (χ1n) is 20.5. The summed E-state index contributed by atoms with van der Waals surface area (Å²) in [5.74, 6) is -0.526. The average molecular weight is 742 g/mol. The first kappa shape index (κ1) is 49.2. The van der Waals surface area contributed by atoms with Crippen molar-refractivity contribution in [3.8, 4) is 0 Å². The number of carbonyl (C=O) groups is 2. The van der Waals surface area contributed by atoms with Gasteiger partial charge >= 0.3 is 13.8 Å². The zero-order valence-corrected chi connectivity index (χ0v) is 33.4. The number of carbonyl (C=O) groups excluding carboxylic acids is 2. The summed E-state index contributed by atoms with van der Waals surface area (Å²) in [4.78, 5) is 33.7. The topological polar surface area (TPSA) is 131 Å². The molecule has 0 aliphatic rings. The van der Waals surface area contributed by atoms with Crippen molar-refractivity contribution in [3.05, 3.63) is 36.5 Å². The van der Waals surface area contributed by atoms with Crippen LogP contribution in [0.3, 0.4) is 0 Å². The van der Waals surface area contributed by atoms with Gasteiger partial charge in [-0.15, -0.1) is 0 Å². The Balaban J connectivity index is 3.56. The molecule has 0 heterocycles. The van der Waals surface area contributed by atoms with E-state index in [1.165, 1.54) is 103 Å². The fourth-order valence-corrected chi connectivity index (χ4v) is 6.20. The van der Waals surface area contributed by atoms with Crippen LogP contribution in [0.4, 0.5) is 0 Å². The van der Waals surface area contributed by atoms with Crippen LogP contribution in [0.2, 0.25) is 0 Å². The van der Waals surface area contributed by atoms with Crippen molar-refractivity contribution in [1.82, 2.24) is 5.32 Å². The van der Waals surface area contributed by atoms with E-state index >= 15 is 0 Å². The molecule has 2 unspecified atom stereocenters. The second-order valence-electron chi connectivity index (χ2n) is 13.6. The Bertz CT molecular complexity index is 939. The Kier molecular flexibility index (Phi) is 36.7. The minimum Gasteiger partial charge on any atom is -0.463 e. The quantitative estimate of drug-likeness (QED) is 0.0247. The van der Waals surface area contributed by atoms with Gasteiger partial charge in [0, 0.05) is 19.4 Å². The molecule has 0 saturated heterocycles. The fourth-order valence-electron chi connectivity index (χ4n) is 5.45. The van der Waals surface area contributed by atoms with Crippen LogP contribution in [0.15, 0.2) is 36.5 Å². The maximum Gasteiger partial charge on any atom is 0.472 e. The second-order valence-corrected chi connectivity index (χ2v) is 15.1. The number of aliphatic hydroxyl groups excluding tert-OH is 1. The van der Waals surface area contributed by atoms with Gasteiger partial charge < -0.3 is 20.1 Å². The van der Waals surface area contributed by atoms with Gasteiger partial charge in [-0.1, -0.05) is 153 Å². The molecule has 0 aliphatic carbocycles. The summed E-state index contributed by atoms with van der Waals surface area (Å²) in [5.41, 5.74) is 0. The Morgan fingerprint density at radius 1 is 0.608 bits per heavy atom. The summed E-state index contributed by atoms with van der Waals surface area (Å²) in [7, 11) is -4.41. The summed E-state index contributed by atoms with van der Waals surface area (Å²) in [6, 6.07) is 0. The van der Waals surface area contributed by atoms with Crippen molar-refractivity contribution in [1.29, 1.82) is 0 Å². The molecule has 9 nitrogen and oxygen atoms in total. The highest BCUT2D eigenvalue weighted by atomic mass is 31.2. The maximum absolute atomic E-state index is 12.0. The molecule has 0 spiro atoms. The molecule has 0 fully saturated rings. The molecule has 0 rings (SSSR count). The molecule has 1 amide bonds. The van der Waals surface area contributed by atoms with Gasteiger partial charge in [-0.2, -0.15) is 0 Å². The van der Waals surface area contributed by atoms with Crippen molar-refractivity contribution >= 4 is 19.7 Å². The Hall–Kier alpha value is -1.77. The number of phosphoric acid groups is 1. The number of unbranched alkanes of at least 4 members (excludes halogenated alkanes) is 19. The second kappa shape index (κ2) is 38.0. The summed E-state index contributed by atoms with van der Waals surface area (Å²) >= 11 is 0. The van der Waals surface area contributed by atoms with Gasteiger partial charge in [0.2, 0.25) is 5.91 Å². The van der Waals surface area contributed by atoms with Crippen LogP contribution in [0.25, 0.3) is 0 Å². The van der Waals surface area contributed by atoms with Gasteiger partial charge in [-0.25, -0.2) is 4.57 Å². The van der Waals surface area contributed by atoms with Gasteiger partial charge in [-0.05, 0) is 51.4 Å². The fraction of sp³-hybridized carbons (Fsp3) is 0.805. The highest BCUT2D eigenvalue weighted by Crippen LogP contribution is 2.42.